The molecule has 160 valence electrons. The molecule has 4 rings (SSSR count). The Kier molecular flexibility index (Phi) is 5.97. The summed E-state index contributed by atoms with van der Waals surface area (Å²) in [6.45, 7) is 4.07. The maximum atomic E-state index is 13.1. The third kappa shape index (κ3) is 4.15. The minimum absolute atomic E-state index is 0.175. The van der Waals surface area contributed by atoms with Crippen LogP contribution in [0.1, 0.15) is 42.1 Å². The van der Waals surface area contributed by atoms with Gasteiger partial charge in [-0.05, 0) is 55.7 Å². The van der Waals surface area contributed by atoms with Crippen LogP contribution < -0.4 is 9.47 Å². The fraction of sp³-hybridized carbons (Fsp3) is 0.409. The predicted octanol–water partition coefficient (Wildman–Crippen LogP) is 3.25. The molecule has 0 N–H and O–H groups in total. The second-order valence-electron chi connectivity index (χ2n) is 7.50. The van der Waals surface area contributed by atoms with E-state index in [1.807, 2.05) is 25.1 Å². The minimum Gasteiger partial charge on any atom is -0.454 e. The number of sulfonamides is 1. The highest BCUT2D eigenvalue weighted by molar-refractivity contribution is 7.89. The molecular formula is C22H26N2O5S. The molecule has 0 unspecified atom stereocenters. The van der Waals surface area contributed by atoms with Gasteiger partial charge < -0.3 is 14.4 Å². The molecule has 0 radical (unpaired) electrons. The first kappa shape index (κ1) is 20.7. The average Bonchev–Trinajstić information content (AvgIpc) is 3.25. The number of carbonyl (C=O) groups is 1. The molecular weight excluding hydrogens is 404 g/mol. The molecule has 1 amide bonds. The summed E-state index contributed by atoms with van der Waals surface area (Å²) in [6.07, 6.45) is 2.80. The van der Waals surface area contributed by atoms with Crippen LogP contribution in [0.3, 0.4) is 0 Å². The first-order valence-electron chi connectivity index (χ1n) is 10.3. The van der Waals surface area contributed by atoms with E-state index in [1.54, 1.807) is 23.1 Å². The lowest BCUT2D eigenvalue weighted by Crippen LogP contribution is -2.36. The minimum atomic E-state index is -3.58. The van der Waals surface area contributed by atoms with Crippen LogP contribution in [0.2, 0.25) is 0 Å². The molecule has 30 heavy (non-hydrogen) atoms. The Morgan fingerprint density at radius 1 is 1.03 bits per heavy atom. The molecule has 2 aliphatic heterocycles. The van der Waals surface area contributed by atoms with Gasteiger partial charge in [-0.25, -0.2) is 8.42 Å². The van der Waals surface area contributed by atoms with E-state index in [1.165, 1.54) is 10.4 Å². The van der Waals surface area contributed by atoms with Gasteiger partial charge in [-0.2, -0.15) is 4.31 Å². The van der Waals surface area contributed by atoms with Crippen molar-refractivity contribution in [2.75, 3.05) is 26.4 Å². The van der Waals surface area contributed by atoms with Gasteiger partial charge in [0, 0.05) is 31.7 Å². The summed E-state index contributed by atoms with van der Waals surface area (Å²) in [7, 11) is -3.58. The Balaban J connectivity index is 1.54. The molecule has 0 spiro atoms. The van der Waals surface area contributed by atoms with E-state index < -0.39 is 10.0 Å². The number of benzene rings is 2. The van der Waals surface area contributed by atoms with Crippen molar-refractivity contribution in [3.8, 4) is 11.5 Å². The lowest BCUT2D eigenvalue weighted by Gasteiger charge is -2.26. The molecule has 7 nitrogen and oxygen atoms in total. The number of fused-ring (bicyclic) bond motifs is 1. The number of carbonyl (C=O) groups excluding carboxylic acids is 1. The highest BCUT2D eigenvalue weighted by atomic mass is 32.2. The van der Waals surface area contributed by atoms with Crippen molar-refractivity contribution in [1.82, 2.24) is 9.21 Å². The maximum Gasteiger partial charge on any atom is 0.254 e. The SMILES string of the molecule is CCN(Cc1ccc2c(c1)OCO2)C(=O)c1cccc(S(=O)(=O)N2CCCCC2)c1. The third-order valence-corrected chi connectivity index (χ3v) is 7.41. The average molecular weight is 431 g/mol. The second-order valence-corrected chi connectivity index (χ2v) is 9.44. The van der Waals surface area contributed by atoms with Gasteiger partial charge in [-0.15, -0.1) is 0 Å². The fourth-order valence-corrected chi connectivity index (χ4v) is 5.38. The summed E-state index contributed by atoms with van der Waals surface area (Å²) in [5.41, 5.74) is 1.29. The van der Waals surface area contributed by atoms with E-state index in [0.29, 0.717) is 43.2 Å². The Labute approximate surface area is 177 Å². The van der Waals surface area contributed by atoms with Gasteiger partial charge in [-0.1, -0.05) is 18.6 Å². The van der Waals surface area contributed by atoms with Gasteiger partial charge in [-0.3, -0.25) is 4.79 Å². The molecule has 0 aromatic heterocycles. The first-order valence-corrected chi connectivity index (χ1v) is 11.7. The smallest absolute Gasteiger partial charge is 0.254 e. The van der Waals surface area contributed by atoms with Crippen molar-refractivity contribution >= 4 is 15.9 Å². The van der Waals surface area contributed by atoms with Crippen LogP contribution in [0.15, 0.2) is 47.4 Å². The molecule has 8 heteroatoms. The van der Waals surface area contributed by atoms with Crippen molar-refractivity contribution in [2.45, 2.75) is 37.6 Å². The zero-order valence-corrected chi connectivity index (χ0v) is 17.9. The largest absolute Gasteiger partial charge is 0.454 e. The maximum absolute atomic E-state index is 13.1. The van der Waals surface area contributed by atoms with Crippen molar-refractivity contribution in [1.29, 1.82) is 0 Å². The summed E-state index contributed by atoms with van der Waals surface area (Å²) in [4.78, 5) is 15.0. The van der Waals surface area contributed by atoms with Crippen LogP contribution in [0.4, 0.5) is 0 Å². The zero-order valence-electron chi connectivity index (χ0n) is 17.0. The van der Waals surface area contributed by atoms with Crippen molar-refractivity contribution in [3.05, 3.63) is 53.6 Å². The quantitative estimate of drug-likeness (QED) is 0.703. The number of hydrogen-bond acceptors (Lipinski definition) is 5. The zero-order chi connectivity index (χ0) is 21.1. The molecule has 0 bridgehead atoms. The lowest BCUT2D eigenvalue weighted by molar-refractivity contribution is 0.0752. The Hall–Kier alpha value is -2.58. The Bertz CT molecular complexity index is 1030. The van der Waals surface area contributed by atoms with E-state index in [0.717, 1.165) is 24.8 Å². The predicted molar refractivity (Wildman–Crippen MR) is 112 cm³/mol. The summed E-state index contributed by atoms with van der Waals surface area (Å²) in [5.74, 6) is 1.17. The number of hydrogen-bond donors (Lipinski definition) is 0. The second kappa shape index (κ2) is 8.65. The van der Waals surface area contributed by atoms with Crippen LogP contribution in [0.25, 0.3) is 0 Å². The fourth-order valence-electron chi connectivity index (χ4n) is 3.81. The van der Waals surface area contributed by atoms with E-state index in [-0.39, 0.29) is 17.6 Å². The molecule has 0 aliphatic carbocycles. The number of nitrogens with zero attached hydrogens (tertiary/aromatic N) is 2. The van der Waals surface area contributed by atoms with Crippen LogP contribution >= 0.6 is 0 Å². The molecule has 2 heterocycles. The number of rotatable bonds is 6. The van der Waals surface area contributed by atoms with Crippen LogP contribution in [0.5, 0.6) is 11.5 Å². The van der Waals surface area contributed by atoms with Crippen LogP contribution in [-0.2, 0) is 16.6 Å². The van der Waals surface area contributed by atoms with Gasteiger partial charge in [0.1, 0.15) is 0 Å². The van der Waals surface area contributed by atoms with E-state index in [4.69, 9.17) is 9.47 Å². The van der Waals surface area contributed by atoms with E-state index in [2.05, 4.69) is 0 Å². The summed E-state index contributed by atoms with van der Waals surface area (Å²) in [6, 6.07) is 12.0. The molecule has 0 saturated carbocycles. The molecule has 1 saturated heterocycles. The molecule has 0 atom stereocenters. The topological polar surface area (TPSA) is 76.1 Å². The summed E-state index contributed by atoms with van der Waals surface area (Å²) in [5, 5.41) is 0. The Morgan fingerprint density at radius 2 is 1.80 bits per heavy atom. The highest BCUT2D eigenvalue weighted by Crippen LogP contribution is 2.33. The van der Waals surface area contributed by atoms with Crippen molar-refractivity contribution in [2.24, 2.45) is 0 Å². The van der Waals surface area contributed by atoms with E-state index in [9.17, 15) is 13.2 Å². The Morgan fingerprint density at radius 3 is 2.57 bits per heavy atom. The van der Waals surface area contributed by atoms with Gasteiger partial charge in [0.05, 0.1) is 4.90 Å². The van der Waals surface area contributed by atoms with Gasteiger partial charge in [0.2, 0.25) is 16.8 Å². The van der Waals surface area contributed by atoms with Crippen molar-refractivity contribution < 1.29 is 22.7 Å². The number of piperidine rings is 1. The standard InChI is InChI=1S/C22H26N2O5S/c1-2-23(15-17-9-10-20-21(13-17)29-16-28-20)22(25)18-7-6-8-19(14-18)30(26,27)24-11-4-3-5-12-24/h6-10,13-14H,2-5,11-12,15-16H2,1H3. The summed E-state index contributed by atoms with van der Waals surface area (Å²) >= 11 is 0. The number of ether oxygens (including phenoxy) is 2. The third-order valence-electron chi connectivity index (χ3n) is 5.51. The van der Waals surface area contributed by atoms with Gasteiger partial charge in [0.25, 0.3) is 5.91 Å². The highest BCUT2D eigenvalue weighted by Gasteiger charge is 2.27. The number of amides is 1. The molecule has 1 fully saturated rings. The van der Waals surface area contributed by atoms with Gasteiger partial charge in [0.15, 0.2) is 11.5 Å². The first-order chi connectivity index (χ1) is 14.5. The van der Waals surface area contributed by atoms with Gasteiger partial charge >= 0.3 is 0 Å². The van der Waals surface area contributed by atoms with Crippen LogP contribution in [-0.4, -0.2) is 50.0 Å². The summed E-state index contributed by atoms with van der Waals surface area (Å²) < 4.78 is 38.2. The molecule has 2 aromatic carbocycles. The van der Waals surface area contributed by atoms with E-state index >= 15 is 0 Å². The van der Waals surface area contributed by atoms with Crippen molar-refractivity contribution in [3.63, 3.8) is 0 Å². The molecule has 2 aromatic rings. The lowest BCUT2D eigenvalue weighted by atomic mass is 10.1. The normalized spacial score (nSPS) is 16.4. The van der Waals surface area contributed by atoms with Crippen LogP contribution in [0, 0.1) is 0 Å². The molecule has 2 aliphatic rings. The monoisotopic (exact) mass is 430 g/mol.